The molecule has 5 atom stereocenters. The molecule has 6 nitrogen and oxygen atoms in total. The summed E-state index contributed by atoms with van der Waals surface area (Å²) in [6.45, 7) is 6.13. The Hall–Kier alpha value is -2.60. The number of piperidine rings is 3. The van der Waals surface area contributed by atoms with Crippen LogP contribution in [0.5, 0.6) is 5.75 Å². The summed E-state index contributed by atoms with van der Waals surface area (Å²) in [5.41, 5.74) is 1.85. The van der Waals surface area contributed by atoms with Gasteiger partial charge in [-0.15, -0.1) is 6.58 Å². The molecular formula is C31H39N3O3. The number of nitrogens with zero attached hydrogens (tertiary/aromatic N) is 2. The van der Waals surface area contributed by atoms with Gasteiger partial charge in [-0.3, -0.25) is 9.88 Å². The molecule has 7 fully saturated rings. The number of carbonyl (C=O) groups excluding carboxylic acids is 1. The van der Waals surface area contributed by atoms with E-state index in [-0.39, 0.29) is 23.8 Å². The van der Waals surface area contributed by atoms with E-state index in [0.29, 0.717) is 11.8 Å². The number of amides is 1. The van der Waals surface area contributed by atoms with E-state index in [1.807, 2.05) is 30.5 Å². The van der Waals surface area contributed by atoms with Crippen LogP contribution in [0.3, 0.4) is 0 Å². The molecule has 2 aromatic rings. The van der Waals surface area contributed by atoms with Gasteiger partial charge in [0.2, 0.25) is 0 Å². The second-order valence-electron chi connectivity index (χ2n) is 12.7. The Kier molecular flexibility index (Phi) is 5.72. The summed E-state index contributed by atoms with van der Waals surface area (Å²) in [5.74, 6) is 4.21. The molecule has 196 valence electrons. The number of methoxy groups -OCH3 is 1. The maximum atomic E-state index is 13.7. The molecule has 0 spiro atoms. The number of ether oxygens (including phenoxy) is 2. The van der Waals surface area contributed by atoms with Crippen molar-refractivity contribution >= 4 is 17.0 Å². The monoisotopic (exact) mass is 501 g/mol. The zero-order valence-corrected chi connectivity index (χ0v) is 21.9. The van der Waals surface area contributed by atoms with Gasteiger partial charge in [0.15, 0.2) is 0 Å². The van der Waals surface area contributed by atoms with E-state index in [1.54, 1.807) is 7.11 Å². The summed E-state index contributed by atoms with van der Waals surface area (Å²) in [7, 11) is 1.69. The zero-order valence-electron chi connectivity index (χ0n) is 21.9. The molecule has 1 amide bonds. The summed E-state index contributed by atoms with van der Waals surface area (Å²) in [6.07, 6.45) is 13.0. The molecule has 2 unspecified atom stereocenters. The number of hydrogen-bond donors (Lipinski definition) is 1. The molecule has 3 aliphatic heterocycles. The first-order valence-corrected chi connectivity index (χ1v) is 14.3. The Morgan fingerprint density at radius 2 is 1.92 bits per heavy atom. The highest BCUT2D eigenvalue weighted by Crippen LogP contribution is 2.55. The maximum absolute atomic E-state index is 13.7. The van der Waals surface area contributed by atoms with Crippen molar-refractivity contribution in [3.8, 4) is 5.75 Å². The van der Waals surface area contributed by atoms with Crippen molar-refractivity contribution in [3.05, 3.63) is 48.7 Å². The van der Waals surface area contributed by atoms with Crippen LogP contribution in [0, 0.1) is 29.6 Å². The van der Waals surface area contributed by atoms with Gasteiger partial charge in [-0.05, 0) is 112 Å². The fourth-order valence-electron chi connectivity index (χ4n) is 9.19. The standard InChI is InChI=1S/C31H39N3O3/c1-3-22-18-34-9-7-23(22)13-28(34)29(25-6-8-32-27-5-4-24(36-2)14-26(25)27)37-30(35)33-31-15-19-10-20(16-31)12-21(11-19)17-31/h3-6,8,14,19-23,28-29H,1,7,9-13,15-18H2,2H3,(H,33,35)/t19?,20?,21?,22-,23?,28-,29+,31?/m0/s1. The highest BCUT2D eigenvalue weighted by Gasteiger charge is 2.52. The fourth-order valence-corrected chi connectivity index (χ4v) is 9.19. The Bertz CT molecular complexity index is 1180. The van der Waals surface area contributed by atoms with Crippen LogP contribution >= 0.6 is 0 Å². The van der Waals surface area contributed by atoms with Gasteiger partial charge in [0, 0.05) is 29.2 Å². The lowest BCUT2D eigenvalue weighted by molar-refractivity contribution is -0.0580. The Balaban J connectivity index is 1.21. The number of fused-ring (bicyclic) bond motifs is 4. The number of aromatic nitrogens is 1. The first-order chi connectivity index (χ1) is 18.0. The van der Waals surface area contributed by atoms with Crippen molar-refractivity contribution in [1.82, 2.24) is 15.2 Å². The average molecular weight is 502 g/mol. The van der Waals surface area contributed by atoms with Crippen molar-refractivity contribution in [1.29, 1.82) is 0 Å². The minimum atomic E-state index is -0.361. The third-order valence-electron chi connectivity index (χ3n) is 10.4. The Morgan fingerprint density at radius 3 is 2.57 bits per heavy atom. The third-order valence-corrected chi connectivity index (χ3v) is 10.4. The van der Waals surface area contributed by atoms with Crippen molar-refractivity contribution in [2.24, 2.45) is 29.6 Å². The van der Waals surface area contributed by atoms with Crippen molar-refractivity contribution in [2.45, 2.75) is 69.1 Å². The van der Waals surface area contributed by atoms with E-state index in [2.05, 4.69) is 27.9 Å². The van der Waals surface area contributed by atoms with E-state index in [9.17, 15) is 4.79 Å². The smallest absolute Gasteiger partial charge is 0.408 e. The number of hydrogen-bond acceptors (Lipinski definition) is 5. The van der Waals surface area contributed by atoms with E-state index in [4.69, 9.17) is 9.47 Å². The van der Waals surface area contributed by atoms with Crippen LogP contribution in [0.4, 0.5) is 4.79 Å². The largest absolute Gasteiger partial charge is 0.497 e. The summed E-state index contributed by atoms with van der Waals surface area (Å²) in [5, 5.41) is 4.46. The van der Waals surface area contributed by atoms with Crippen molar-refractivity contribution in [2.75, 3.05) is 20.2 Å². The molecule has 37 heavy (non-hydrogen) atoms. The molecule has 1 aromatic carbocycles. The minimum absolute atomic E-state index is 0.0697. The molecule has 6 heteroatoms. The van der Waals surface area contributed by atoms with Crippen LogP contribution in [-0.4, -0.2) is 47.8 Å². The van der Waals surface area contributed by atoms with Gasteiger partial charge in [-0.25, -0.2) is 4.79 Å². The molecule has 6 bridgehead atoms. The third kappa shape index (κ3) is 4.12. The number of rotatable bonds is 6. The lowest BCUT2D eigenvalue weighted by Crippen LogP contribution is -2.60. The quantitative estimate of drug-likeness (QED) is 0.501. The highest BCUT2D eigenvalue weighted by molar-refractivity contribution is 5.84. The fraction of sp³-hybridized carbons (Fsp3) is 0.613. The Labute approximate surface area is 219 Å². The van der Waals surface area contributed by atoms with Gasteiger partial charge in [0.25, 0.3) is 0 Å². The van der Waals surface area contributed by atoms with Crippen LogP contribution in [0.25, 0.3) is 10.9 Å². The van der Waals surface area contributed by atoms with Gasteiger partial charge < -0.3 is 14.8 Å². The Morgan fingerprint density at radius 1 is 1.16 bits per heavy atom. The number of benzene rings is 1. The minimum Gasteiger partial charge on any atom is -0.497 e. The number of pyridine rings is 1. The lowest BCUT2D eigenvalue weighted by Gasteiger charge is -2.56. The van der Waals surface area contributed by atoms with E-state index >= 15 is 0 Å². The summed E-state index contributed by atoms with van der Waals surface area (Å²) in [6, 6.07) is 8.15. The normalized spacial score (nSPS) is 38.4. The SMILES string of the molecule is C=C[C@H]1CN2CCC1C[C@H]2[C@H](OC(=O)NC12CC3CC(CC(C3)C1)C2)c1ccnc2ccc(OC)cc12. The van der Waals surface area contributed by atoms with Gasteiger partial charge in [0.1, 0.15) is 11.9 Å². The molecule has 0 radical (unpaired) electrons. The van der Waals surface area contributed by atoms with Gasteiger partial charge in [-0.1, -0.05) is 6.08 Å². The predicted molar refractivity (Wildman–Crippen MR) is 143 cm³/mol. The molecule has 7 aliphatic rings. The molecule has 4 heterocycles. The number of carbonyl (C=O) groups is 1. The van der Waals surface area contributed by atoms with E-state index < -0.39 is 0 Å². The molecule has 4 aliphatic carbocycles. The second-order valence-corrected chi connectivity index (χ2v) is 12.7. The second kappa shape index (κ2) is 9.00. The van der Waals surface area contributed by atoms with Crippen LogP contribution in [0.15, 0.2) is 43.1 Å². The van der Waals surface area contributed by atoms with Gasteiger partial charge in [0.05, 0.1) is 18.7 Å². The first kappa shape index (κ1) is 23.5. The zero-order chi connectivity index (χ0) is 25.1. The summed E-state index contributed by atoms with van der Waals surface area (Å²) < 4.78 is 12.1. The molecule has 9 rings (SSSR count). The van der Waals surface area contributed by atoms with Crippen LogP contribution in [0.1, 0.15) is 63.0 Å². The average Bonchev–Trinajstić information content (AvgIpc) is 2.90. The van der Waals surface area contributed by atoms with Gasteiger partial charge in [-0.2, -0.15) is 0 Å². The molecule has 1 aromatic heterocycles. The number of alkyl carbamates (subject to hydrolysis) is 1. The summed E-state index contributed by atoms with van der Waals surface area (Å²) >= 11 is 0. The number of nitrogens with one attached hydrogen (secondary N) is 1. The maximum Gasteiger partial charge on any atom is 0.408 e. The van der Waals surface area contributed by atoms with Crippen LogP contribution in [-0.2, 0) is 4.74 Å². The molecule has 1 N–H and O–H groups in total. The van der Waals surface area contributed by atoms with Crippen molar-refractivity contribution in [3.63, 3.8) is 0 Å². The topological polar surface area (TPSA) is 63.7 Å². The first-order valence-electron chi connectivity index (χ1n) is 14.3. The molecule has 3 saturated heterocycles. The van der Waals surface area contributed by atoms with Gasteiger partial charge >= 0.3 is 6.09 Å². The molecular weight excluding hydrogens is 462 g/mol. The van der Waals surface area contributed by atoms with E-state index in [1.165, 1.54) is 25.7 Å². The van der Waals surface area contributed by atoms with Crippen LogP contribution < -0.4 is 10.1 Å². The van der Waals surface area contributed by atoms with Crippen LogP contribution in [0.2, 0.25) is 0 Å². The lowest BCUT2D eigenvalue weighted by atomic mass is 9.53. The highest BCUT2D eigenvalue weighted by atomic mass is 16.6. The summed E-state index contributed by atoms with van der Waals surface area (Å²) in [4.78, 5) is 20.9. The van der Waals surface area contributed by atoms with Crippen molar-refractivity contribution < 1.29 is 14.3 Å². The predicted octanol–water partition coefficient (Wildman–Crippen LogP) is 5.88. The van der Waals surface area contributed by atoms with E-state index in [0.717, 1.165) is 78.7 Å². The molecule has 4 saturated carbocycles.